The molecule has 0 spiro atoms. The first-order valence-corrected chi connectivity index (χ1v) is 14.6. The molecular formula is C32H38BBrN4O6. The van der Waals surface area contributed by atoms with Crippen molar-refractivity contribution in [2.24, 2.45) is 0 Å². The van der Waals surface area contributed by atoms with E-state index in [1.807, 2.05) is 76.2 Å². The van der Waals surface area contributed by atoms with Gasteiger partial charge in [0.05, 0.1) is 44.1 Å². The fraction of sp³-hybridized carbons (Fsp3) is 0.312. The SMILES string of the molecule is COc1ccc(-c2cnc(N)c(B3OC(C)(C)C(C)(C)O3)c2)cc1OC.COc1ccc(-c2cnc(N)c(Br)c2)cc1OC. The van der Waals surface area contributed by atoms with Gasteiger partial charge in [-0.3, -0.25) is 0 Å². The number of anilines is 2. The van der Waals surface area contributed by atoms with E-state index in [1.165, 1.54) is 0 Å². The smallest absolute Gasteiger partial charge is 0.493 e. The van der Waals surface area contributed by atoms with E-state index in [9.17, 15) is 0 Å². The molecule has 4 aromatic rings. The summed E-state index contributed by atoms with van der Waals surface area (Å²) >= 11 is 3.36. The van der Waals surface area contributed by atoms with Gasteiger partial charge in [-0.05, 0) is 96.7 Å². The number of pyridine rings is 2. The van der Waals surface area contributed by atoms with Gasteiger partial charge in [-0.2, -0.15) is 0 Å². The molecule has 1 saturated heterocycles. The molecule has 4 N–H and O–H groups in total. The lowest BCUT2D eigenvalue weighted by molar-refractivity contribution is 0.00578. The largest absolute Gasteiger partial charge is 0.498 e. The summed E-state index contributed by atoms with van der Waals surface area (Å²) in [4.78, 5) is 8.45. The molecular weight excluding hydrogens is 627 g/mol. The van der Waals surface area contributed by atoms with Crippen LogP contribution in [0.15, 0.2) is 65.4 Å². The quantitative estimate of drug-likeness (QED) is 0.235. The molecule has 3 heterocycles. The molecule has 0 bridgehead atoms. The van der Waals surface area contributed by atoms with Crippen molar-refractivity contribution in [2.45, 2.75) is 38.9 Å². The van der Waals surface area contributed by atoms with Gasteiger partial charge in [0.25, 0.3) is 0 Å². The molecule has 1 aliphatic heterocycles. The molecule has 1 aliphatic rings. The maximum Gasteiger partial charge on any atom is 0.498 e. The van der Waals surface area contributed by atoms with Crippen LogP contribution in [0.1, 0.15) is 27.7 Å². The van der Waals surface area contributed by atoms with E-state index < -0.39 is 18.3 Å². The molecule has 0 unspecified atom stereocenters. The summed E-state index contributed by atoms with van der Waals surface area (Å²) in [6.07, 6.45) is 3.45. The number of benzene rings is 2. The predicted molar refractivity (Wildman–Crippen MR) is 178 cm³/mol. The van der Waals surface area contributed by atoms with Crippen molar-refractivity contribution in [3.05, 3.63) is 65.4 Å². The van der Waals surface area contributed by atoms with Gasteiger partial charge in [-0.25, -0.2) is 9.97 Å². The zero-order valence-corrected chi connectivity index (χ0v) is 27.8. The predicted octanol–water partition coefficient (Wildman–Crippen LogP) is 5.76. The van der Waals surface area contributed by atoms with Crippen LogP contribution in [0, 0.1) is 0 Å². The minimum absolute atomic E-state index is 0.396. The topological polar surface area (TPSA) is 133 Å². The zero-order valence-electron chi connectivity index (χ0n) is 26.2. The van der Waals surface area contributed by atoms with E-state index in [-0.39, 0.29) is 0 Å². The number of rotatable bonds is 7. The van der Waals surface area contributed by atoms with Crippen LogP contribution in [0.4, 0.5) is 11.6 Å². The Balaban J connectivity index is 0.000000215. The highest BCUT2D eigenvalue weighted by atomic mass is 79.9. The standard InChI is InChI=1S/C19H25BN2O4.C13H13BrN2O2/c1-18(2)19(3,4)26-20(25-18)14-9-13(11-22-17(14)21)12-7-8-15(23-5)16(10-12)24-6;1-17-11-4-3-8(6-12(11)18-2)9-5-10(14)13(15)16-7-9/h7-11H,1-6H3,(H2,21,22);3-7H,1-2H3,(H2,15,16). The fourth-order valence-corrected chi connectivity index (χ4v) is 4.80. The monoisotopic (exact) mass is 664 g/mol. The molecule has 5 rings (SSSR count). The van der Waals surface area contributed by atoms with E-state index in [4.69, 9.17) is 39.7 Å². The van der Waals surface area contributed by atoms with E-state index in [1.54, 1.807) is 40.8 Å². The fourth-order valence-electron chi connectivity index (χ4n) is 4.45. The third-order valence-corrected chi connectivity index (χ3v) is 8.40. The van der Waals surface area contributed by atoms with Crippen molar-refractivity contribution < 1.29 is 28.3 Å². The van der Waals surface area contributed by atoms with E-state index in [2.05, 4.69) is 25.9 Å². The van der Waals surface area contributed by atoms with Gasteiger partial charge in [-0.1, -0.05) is 12.1 Å². The van der Waals surface area contributed by atoms with E-state index in [0.717, 1.165) is 32.2 Å². The molecule has 0 radical (unpaired) electrons. The highest BCUT2D eigenvalue weighted by molar-refractivity contribution is 9.10. The highest BCUT2D eigenvalue weighted by Crippen LogP contribution is 2.38. The van der Waals surface area contributed by atoms with Gasteiger partial charge in [0.1, 0.15) is 11.6 Å². The van der Waals surface area contributed by atoms with Gasteiger partial charge in [-0.15, -0.1) is 0 Å². The molecule has 0 saturated carbocycles. The van der Waals surface area contributed by atoms with Crippen molar-refractivity contribution in [3.63, 3.8) is 0 Å². The first kappa shape index (κ1) is 32.9. The summed E-state index contributed by atoms with van der Waals surface area (Å²) < 4.78 is 34.2. The van der Waals surface area contributed by atoms with Crippen molar-refractivity contribution in [2.75, 3.05) is 39.9 Å². The van der Waals surface area contributed by atoms with E-state index in [0.29, 0.717) is 34.6 Å². The number of halogens is 1. The molecule has 2 aromatic carbocycles. The Labute approximate surface area is 267 Å². The van der Waals surface area contributed by atoms with Gasteiger partial charge >= 0.3 is 7.12 Å². The van der Waals surface area contributed by atoms with Gasteiger partial charge < -0.3 is 39.7 Å². The third-order valence-electron chi connectivity index (χ3n) is 7.76. The molecule has 44 heavy (non-hydrogen) atoms. The minimum atomic E-state index is -0.562. The average Bonchev–Trinajstić information content (AvgIpc) is 3.24. The Bertz CT molecular complexity index is 1620. The number of hydrogen-bond donors (Lipinski definition) is 2. The van der Waals surface area contributed by atoms with Crippen LogP contribution in [0.2, 0.25) is 0 Å². The first-order chi connectivity index (χ1) is 20.8. The molecule has 12 heteroatoms. The van der Waals surface area contributed by atoms with Crippen molar-refractivity contribution >= 4 is 40.1 Å². The Kier molecular flexibility index (Phi) is 9.97. The maximum atomic E-state index is 6.12. The maximum absolute atomic E-state index is 6.12. The second-order valence-corrected chi connectivity index (χ2v) is 11.9. The van der Waals surface area contributed by atoms with Crippen molar-refractivity contribution in [1.82, 2.24) is 9.97 Å². The van der Waals surface area contributed by atoms with Gasteiger partial charge in [0.15, 0.2) is 23.0 Å². The molecule has 232 valence electrons. The molecule has 0 atom stereocenters. The second kappa shape index (κ2) is 13.3. The number of ether oxygens (including phenoxy) is 4. The Hall–Kier alpha value is -4.00. The minimum Gasteiger partial charge on any atom is -0.493 e. The number of hydrogen-bond acceptors (Lipinski definition) is 10. The summed E-state index contributed by atoms with van der Waals surface area (Å²) in [7, 11) is 5.88. The van der Waals surface area contributed by atoms with Gasteiger partial charge in [0, 0.05) is 23.4 Å². The van der Waals surface area contributed by atoms with Crippen LogP contribution in [0.3, 0.4) is 0 Å². The molecule has 10 nitrogen and oxygen atoms in total. The lowest BCUT2D eigenvalue weighted by atomic mass is 9.78. The number of aromatic nitrogens is 2. The summed E-state index contributed by atoms with van der Waals surface area (Å²) in [5.41, 5.74) is 15.4. The van der Waals surface area contributed by atoms with E-state index >= 15 is 0 Å². The van der Waals surface area contributed by atoms with Crippen LogP contribution in [0.5, 0.6) is 23.0 Å². The normalized spacial score (nSPS) is 14.8. The first-order valence-electron chi connectivity index (χ1n) is 13.8. The van der Waals surface area contributed by atoms with Gasteiger partial charge in [0.2, 0.25) is 0 Å². The number of nitrogen functional groups attached to an aromatic ring is 2. The van der Waals surface area contributed by atoms with Crippen molar-refractivity contribution in [1.29, 1.82) is 0 Å². The summed E-state index contributed by atoms with van der Waals surface area (Å²) in [6, 6.07) is 15.3. The molecule has 1 fully saturated rings. The van der Waals surface area contributed by atoms with Crippen LogP contribution < -0.4 is 35.9 Å². The Morgan fingerprint density at radius 1 is 0.614 bits per heavy atom. The summed E-state index contributed by atoms with van der Waals surface area (Å²) in [6.45, 7) is 8.03. The second-order valence-electron chi connectivity index (χ2n) is 11.0. The number of nitrogens with zero attached hydrogens (tertiary/aromatic N) is 2. The lowest BCUT2D eigenvalue weighted by Gasteiger charge is -2.32. The highest BCUT2D eigenvalue weighted by Gasteiger charge is 2.52. The Morgan fingerprint density at radius 3 is 1.48 bits per heavy atom. The third kappa shape index (κ3) is 6.87. The summed E-state index contributed by atoms with van der Waals surface area (Å²) in [5, 5.41) is 0. The van der Waals surface area contributed by atoms with Crippen LogP contribution >= 0.6 is 15.9 Å². The lowest BCUT2D eigenvalue weighted by Crippen LogP contribution is -2.41. The molecule has 2 aromatic heterocycles. The summed E-state index contributed by atoms with van der Waals surface area (Å²) in [5.74, 6) is 3.57. The number of nitrogens with two attached hydrogens (primary N) is 2. The Morgan fingerprint density at radius 2 is 1.05 bits per heavy atom. The number of methoxy groups -OCH3 is 4. The molecule has 0 amide bonds. The van der Waals surface area contributed by atoms with Crippen LogP contribution in [0.25, 0.3) is 22.3 Å². The van der Waals surface area contributed by atoms with Crippen molar-refractivity contribution in [3.8, 4) is 45.3 Å². The molecule has 0 aliphatic carbocycles. The average molecular weight is 665 g/mol. The van der Waals surface area contributed by atoms with Crippen LogP contribution in [-0.2, 0) is 9.31 Å². The zero-order chi connectivity index (χ0) is 32.2. The van der Waals surface area contributed by atoms with Crippen LogP contribution in [-0.4, -0.2) is 56.7 Å².